The lowest BCUT2D eigenvalue weighted by Crippen LogP contribution is -2.02. The molecule has 4 rings (SSSR count). The summed E-state index contributed by atoms with van der Waals surface area (Å²) in [7, 11) is 1.73. The first-order valence-electron chi connectivity index (χ1n) is 9.30. The minimum atomic E-state index is 0.525. The summed E-state index contributed by atoms with van der Waals surface area (Å²) in [6, 6.07) is 16.8. The topological polar surface area (TPSA) is 32.6 Å². The van der Waals surface area contributed by atoms with Crippen molar-refractivity contribution < 1.29 is 14.2 Å². The van der Waals surface area contributed by atoms with Crippen molar-refractivity contribution in [3.8, 4) is 17.2 Å². The highest BCUT2D eigenvalue weighted by atomic mass is 16.5. The van der Waals surface area contributed by atoms with Crippen molar-refractivity contribution in [1.29, 1.82) is 0 Å². The molecule has 4 nitrogen and oxygen atoms in total. The van der Waals surface area contributed by atoms with Crippen molar-refractivity contribution in [1.82, 2.24) is 4.57 Å². The third kappa shape index (κ3) is 3.58. The van der Waals surface area contributed by atoms with Crippen molar-refractivity contribution >= 4 is 0 Å². The van der Waals surface area contributed by atoms with Crippen LogP contribution in [0.2, 0.25) is 0 Å². The molecule has 0 bridgehead atoms. The number of benzene rings is 2. The predicted molar refractivity (Wildman–Crippen MR) is 106 cm³/mol. The zero-order chi connectivity index (χ0) is 18.8. The van der Waals surface area contributed by atoms with Gasteiger partial charge in [-0.1, -0.05) is 18.2 Å². The van der Waals surface area contributed by atoms with E-state index in [9.17, 15) is 0 Å². The van der Waals surface area contributed by atoms with E-state index in [1.54, 1.807) is 7.11 Å². The molecule has 0 radical (unpaired) electrons. The van der Waals surface area contributed by atoms with E-state index in [0.29, 0.717) is 13.2 Å². The summed E-state index contributed by atoms with van der Waals surface area (Å²) in [6.07, 6.45) is 0.984. The first-order valence-corrected chi connectivity index (χ1v) is 9.30. The maximum absolute atomic E-state index is 6.00. The SMILES string of the molecule is COCc1cc(C)n(-c2cccc(COc3ccc4c(c3)OCC4)c2)c1C. The molecule has 0 saturated heterocycles. The van der Waals surface area contributed by atoms with Crippen molar-refractivity contribution in [3.05, 3.63) is 76.6 Å². The van der Waals surface area contributed by atoms with Crippen molar-refractivity contribution in [2.24, 2.45) is 0 Å². The van der Waals surface area contributed by atoms with Crippen molar-refractivity contribution in [2.45, 2.75) is 33.5 Å². The molecule has 1 aromatic heterocycles. The number of rotatable bonds is 6. The maximum Gasteiger partial charge on any atom is 0.126 e. The number of aromatic nitrogens is 1. The Balaban J connectivity index is 1.53. The molecular formula is C23H25NO3. The molecule has 2 aromatic carbocycles. The van der Waals surface area contributed by atoms with E-state index in [4.69, 9.17) is 14.2 Å². The van der Waals surface area contributed by atoms with E-state index in [-0.39, 0.29) is 0 Å². The standard InChI is InChI=1S/C23H25NO3/c1-16-11-20(15-25-3)17(2)24(16)21-6-4-5-18(12-21)14-27-22-8-7-19-9-10-26-23(19)13-22/h4-8,11-13H,9-10,14-15H2,1-3H3. The molecule has 27 heavy (non-hydrogen) atoms. The number of ether oxygens (including phenoxy) is 3. The van der Waals surface area contributed by atoms with E-state index in [0.717, 1.165) is 35.8 Å². The normalized spacial score (nSPS) is 12.7. The van der Waals surface area contributed by atoms with Crippen molar-refractivity contribution in [3.63, 3.8) is 0 Å². The first-order chi connectivity index (χ1) is 13.2. The highest BCUT2D eigenvalue weighted by Crippen LogP contribution is 2.30. The molecule has 0 atom stereocenters. The summed E-state index contributed by atoms with van der Waals surface area (Å²) < 4.78 is 19.2. The average Bonchev–Trinajstić information content (AvgIpc) is 3.24. The Bertz CT molecular complexity index is 958. The highest BCUT2D eigenvalue weighted by molar-refractivity contribution is 5.44. The van der Waals surface area contributed by atoms with E-state index in [1.807, 2.05) is 12.1 Å². The molecule has 1 aliphatic rings. The lowest BCUT2D eigenvalue weighted by molar-refractivity contribution is 0.184. The minimum Gasteiger partial charge on any atom is -0.493 e. The van der Waals surface area contributed by atoms with Gasteiger partial charge in [0.2, 0.25) is 0 Å². The third-order valence-corrected chi connectivity index (χ3v) is 5.08. The van der Waals surface area contributed by atoms with Gasteiger partial charge >= 0.3 is 0 Å². The van der Waals surface area contributed by atoms with Gasteiger partial charge in [0.15, 0.2) is 0 Å². The Morgan fingerprint density at radius 2 is 1.93 bits per heavy atom. The summed E-state index contributed by atoms with van der Waals surface area (Å²) in [4.78, 5) is 0. The molecule has 0 N–H and O–H groups in total. The first kappa shape index (κ1) is 17.7. The van der Waals surface area contributed by atoms with Crippen LogP contribution in [0.4, 0.5) is 0 Å². The van der Waals surface area contributed by atoms with Gasteiger partial charge in [0, 0.05) is 36.7 Å². The quantitative estimate of drug-likeness (QED) is 0.633. The molecule has 0 aliphatic carbocycles. The Hall–Kier alpha value is -2.72. The molecule has 0 amide bonds. The van der Waals surface area contributed by atoms with Gasteiger partial charge in [-0.05, 0) is 54.8 Å². The summed E-state index contributed by atoms with van der Waals surface area (Å²) in [5.74, 6) is 1.79. The number of hydrogen-bond acceptors (Lipinski definition) is 3. The zero-order valence-corrected chi connectivity index (χ0v) is 16.1. The lowest BCUT2D eigenvalue weighted by Gasteiger charge is -2.13. The average molecular weight is 363 g/mol. The van der Waals surface area contributed by atoms with Crippen LogP contribution < -0.4 is 9.47 Å². The van der Waals surface area contributed by atoms with Crippen molar-refractivity contribution in [2.75, 3.05) is 13.7 Å². The molecule has 0 spiro atoms. The Morgan fingerprint density at radius 1 is 1.04 bits per heavy atom. The summed E-state index contributed by atoms with van der Waals surface area (Å²) in [6.45, 7) is 6.18. The molecule has 140 valence electrons. The van der Waals surface area contributed by atoms with Crippen LogP contribution >= 0.6 is 0 Å². The summed E-state index contributed by atoms with van der Waals surface area (Å²) in [5, 5.41) is 0. The number of nitrogens with zero attached hydrogens (tertiary/aromatic N) is 1. The van der Waals surface area contributed by atoms with Crippen LogP contribution in [0.1, 0.15) is 28.1 Å². The smallest absolute Gasteiger partial charge is 0.126 e. The van der Waals surface area contributed by atoms with Crippen LogP contribution in [0.3, 0.4) is 0 Å². The molecule has 0 fully saturated rings. The Kier molecular flexibility index (Phi) is 4.90. The second-order valence-electron chi connectivity index (χ2n) is 6.99. The predicted octanol–water partition coefficient (Wildman–Crippen LogP) is 4.75. The summed E-state index contributed by atoms with van der Waals surface area (Å²) in [5.41, 5.74) is 7.17. The van der Waals surface area contributed by atoms with Gasteiger partial charge in [0.1, 0.15) is 18.1 Å². The van der Waals surface area contributed by atoms with Crippen LogP contribution in [-0.4, -0.2) is 18.3 Å². The largest absolute Gasteiger partial charge is 0.493 e. The zero-order valence-electron chi connectivity index (χ0n) is 16.1. The fourth-order valence-electron chi connectivity index (χ4n) is 3.72. The van der Waals surface area contributed by atoms with Gasteiger partial charge in [-0.3, -0.25) is 0 Å². The van der Waals surface area contributed by atoms with Crippen LogP contribution in [0.5, 0.6) is 11.5 Å². The monoisotopic (exact) mass is 363 g/mol. The third-order valence-electron chi connectivity index (χ3n) is 5.08. The van der Waals surface area contributed by atoms with E-state index in [2.05, 4.69) is 54.8 Å². The molecular weight excluding hydrogens is 338 g/mol. The molecule has 0 saturated carbocycles. The van der Waals surface area contributed by atoms with Crippen LogP contribution in [0.15, 0.2) is 48.5 Å². The number of hydrogen-bond donors (Lipinski definition) is 0. The van der Waals surface area contributed by atoms with Gasteiger partial charge in [0.05, 0.1) is 13.2 Å². The minimum absolute atomic E-state index is 0.525. The Morgan fingerprint density at radius 3 is 2.78 bits per heavy atom. The molecule has 4 heteroatoms. The van der Waals surface area contributed by atoms with Gasteiger partial charge in [-0.2, -0.15) is 0 Å². The highest BCUT2D eigenvalue weighted by Gasteiger charge is 2.13. The van der Waals surface area contributed by atoms with Crippen LogP contribution in [0.25, 0.3) is 5.69 Å². The van der Waals surface area contributed by atoms with Gasteiger partial charge in [-0.15, -0.1) is 0 Å². The fraction of sp³-hybridized carbons (Fsp3) is 0.304. The molecule has 0 unspecified atom stereocenters. The van der Waals surface area contributed by atoms with Crippen LogP contribution in [-0.2, 0) is 24.4 Å². The number of aryl methyl sites for hydroxylation is 1. The van der Waals surface area contributed by atoms with E-state index >= 15 is 0 Å². The molecule has 2 heterocycles. The lowest BCUT2D eigenvalue weighted by atomic mass is 10.1. The summed E-state index contributed by atoms with van der Waals surface area (Å²) >= 11 is 0. The number of methoxy groups -OCH3 is 1. The number of fused-ring (bicyclic) bond motifs is 1. The second-order valence-corrected chi connectivity index (χ2v) is 6.99. The Labute approximate surface area is 160 Å². The van der Waals surface area contributed by atoms with Gasteiger partial charge in [-0.25, -0.2) is 0 Å². The van der Waals surface area contributed by atoms with Crippen LogP contribution in [0, 0.1) is 13.8 Å². The van der Waals surface area contributed by atoms with Gasteiger partial charge in [0.25, 0.3) is 0 Å². The fourth-order valence-corrected chi connectivity index (χ4v) is 3.72. The van der Waals surface area contributed by atoms with E-state index in [1.165, 1.54) is 22.5 Å². The maximum atomic E-state index is 6.00. The second kappa shape index (κ2) is 7.49. The molecule has 1 aliphatic heterocycles. The van der Waals surface area contributed by atoms with Gasteiger partial charge < -0.3 is 18.8 Å². The van der Waals surface area contributed by atoms with E-state index < -0.39 is 0 Å². The molecule has 3 aromatic rings.